The summed E-state index contributed by atoms with van der Waals surface area (Å²) >= 11 is 0. The first-order valence-electron chi connectivity index (χ1n) is 6.85. The molecule has 2 fully saturated rings. The van der Waals surface area contributed by atoms with E-state index in [1.165, 1.54) is 5.57 Å². The van der Waals surface area contributed by atoms with Gasteiger partial charge in [-0.2, -0.15) is 0 Å². The van der Waals surface area contributed by atoms with E-state index in [0.29, 0.717) is 18.4 Å². The molecular weight excluding hydrogens is 244 g/mol. The molecule has 1 saturated carbocycles. The Kier molecular flexibility index (Phi) is 2.84. The maximum Gasteiger partial charge on any atom is 0.334 e. The topological polar surface area (TPSA) is 59.1 Å². The van der Waals surface area contributed by atoms with Crippen molar-refractivity contribution < 1.29 is 19.4 Å². The van der Waals surface area contributed by atoms with Crippen molar-refractivity contribution in [2.45, 2.75) is 63.9 Å². The number of aliphatic hydroxyl groups is 1. The van der Waals surface area contributed by atoms with Crippen molar-refractivity contribution in [1.29, 1.82) is 0 Å². The van der Waals surface area contributed by atoms with Gasteiger partial charge in [0.25, 0.3) is 0 Å². The molecule has 104 valence electrons. The number of esters is 1. The second-order valence-corrected chi connectivity index (χ2v) is 6.15. The lowest BCUT2D eigenvalue weighted by molar-refractivity contribution is -0.140. The number of hydrogen-bond acceptors (Lipinski definition) is 4. The number of epoxide rings is 1. The molecule has 4 atom stereocenters. The average Bonchev–Trinajstić information content (AvgIpc) is 2.89. The van der Waals surface area contributed by atoms with Crippen LogP contribution in [0, 0.1) is 0 Å². The Labute approximate surface area is 113 Å². The van der Waals surface area contributed by atoms with E-state index in [0.717, 1.165) is 12.0 Å². The second-order valence-electron chi connectivity index (χ2n) is 6.15. The first kappa shape index (κ1) is 12.9. The van der Waals surface area contributed by atoms with Crippen LogP contribution in [-0.4, -0.2) is 35.0 Å². The molecule has 2 aliphatic heterocycles. The zero-order valence-corrected chi connectivity index (χ0v) is 11.6. The summed E-state index contributed by atoms with van der Waals surface area (Å²) in [4.78, 5) is 11.9. The summed E-state index contributed by atoms with van der Waals surface area (Å²) in [5.74, 6) is -0.258. The fourth-order valence-electron chi connectivity index (χ4n) is 3.20. The van der Waals surface area contributed by atoms with E-state index in [1.807, 2.05) is 20.8 Å². The molecule has 0 bridgehead atoms. The number of rotatable bonds is 3. The van der Waals surface area contributed by atoms with E-state index in [-0.39, 0.29) is 23.8 Å². The summed E-state index contributed by atoms with van der Waals surface area (Å²) in [5, 5.41) is 10.3. The Morgan fingerprint density at radius 1 is 1.53 bits per heavy atom. The second kappa shape index (κ2) is 4.18. The standard InChI is InChI=1S/C15H20O4/c1-8(2)5-4-6-9-11-10(18-14(9)17)7-15(3)13(19-15)12(11)16/h5,10,12-13,16H,4,6-7H2,1-3H3. The molecule has 1 saturated heterocycles. The minimum absolute atomic E-state index is 0.160. The fourth-order valence-corrected chi connectivity index (χ4v) is 3.20. The van der Waals surface area contributed by atoms with Crippen molar-refractivity contribution >= 4 is 5.97 Å². The minimum Gasteiger partial charge on any atom is -0.454 e. The molecule has 0 radical (unpaired) electrons. The van der Waals surface area contributed by atoms with Crippen LogP contribution in [0.25, 0.3) is 0 Å². The van der Waals surface area contributed by atoms with Crippen LogP contribution in [0.3, 0.4) is 0 Å². The average molecular weight is 264 g/mol. The Morgan fingerprint density at radius 2 is 2.26 bits per heavy atom. The molecule has 0 aromatic rings. The highest BCUT2D eigenvalue weighted by Crippen LogP contribution is 2.52. The van der Waals surface area contributed by atoms with Gasteiger partial charge < -0.3 is 14.6 Å². The lowest BCUT2D eigenvalue weighted by atomic mass is 9.81. The van der Waals surface area contributed by atoms with Crippen LogP contribution >= 0.6 is 0 Å². The highest BCUT2D eigenvalue weighted by atomic mass is 16.6. The van der Waals surface area contributed by atoms with Crippen molar-refractivity contribution in [1.82, 2.24) is 0 Å². The quantitative estimate of drug-likeness (QED) is 0.480. The van der Waals surface area contributed by atoms with E-state index < -0.39 is 6.10 Å². The Hall–Kier alpha value is -1.13. The Bertz CT molecular complexity index is 482. The number of ether oxygens (including phenoxy) is 2. The molecule has 3 rings (SSSR count). The van der Waals surface area contributed by atoms with Crippen molar-refractivity contribution in [3.05, 3.63) is 22.8 Å². The van der Waals surface area contributed by atoms with E-state index in [2.05, 4.69) is 6.08 Å². The van der Waals surface area contributed by atoms with Crippen molar-refractivity contribution in [3.63, 3.8) is 0 Å². The third-order valence-corrected chi connectivity index (χ3v) is 4.27. The zero-order chi connectivity index (χ0) is 13.8. The van der Waals surface area contributed by atoms with Crippen LogP contribution in [0.4, 0.5) is 0 Å². The van der Waals surface area contributed by atoms with Crippen LogP contribution < -0.4 is 0 Å². The van der Waals surface area contributed by atoms with Gasteiger partial charge in [0, 0.05) is 17.6 Å². The molecule has 3 aliphatic rings. The van der Waals surface area contributed by atoms with E-state index in [4.69, 9.17) is 9.47 Å². The van der Waals surface area contributed by atoms with Crippen LogP contribution in [0.1, 0.15) is 40.0 Å². The van der Waals surface area contributed by atoms with E-state index in [1.54, 1.807) is 0 Å². The highest BCUT2D eigenvalue weighted by molar-refractivity contribution is 5.92. The maximum absolute atomic E-state index is 11.9. The largest absolute Gasteiger partial charge is 0.454 e. The number of carbonyl (C=O) groups is 1. The molecule has 0 spiro atoms. The van der Waals surface area contributed by atoms with Crippen LogP contribution in [-0.2, 0) is 14.3 Å². The van der Waals surface area contributed by atoms with Crippen molar-refractivity contribution in [2.75, 3.05) is 0 Å². The Balaban J connectivity index is 1.82. The molecule has 2 heterocycles. The maximum atomic E-state index is 11.9. The van der Waals surface area contributed by atoms with Gasteiger partial charge in [0.1, 0.15) is 18.3 Å². The van der Waals surface area contributed by atoms with Crippen LogP contribution in [0.15, 0.2) is 22.8 Å². The highest BCUT2D eigenvalue weighted by Gasteiger charge is 2.64. The monoisotopic (exact) mass is 264 g/mol. The van der Waals surface area contributed by atoms with Gasteiger partial charge in [-0.05, 0) is 33.6 Å². The van der Waals surface area contributed by atoms with Crippen molar-refractivity contribution in [3.8, 4) is 0 Å². The summed E-state index contributed by atoms with van der Waals surface area (Å²) in [6.45, 7) is 6.03. The molecule has 0 aromatic heterocycles. The number of hydrogen-bond donors (Lipinski definition) is 1. The SMILES string of the molecule is CC(C)=CCCC1=C2C(CC3(C)OC3C2O)OC1=O. The van der Waals surface area contributed by atoms with Crippen LogP contribution in [0.2, 0.25) is 0 Å². The van der Waals surface area contributed by atoms with Gasteiger partial charge in [0.15, 0.2) is 0 Å². The summed E-state index contributed by atoms with van der Waals surface area (Å²) in [6.07, 6.45) is 3.08. The first-order chi connectivity index (χ1) is 8.92. The summed E-state index contributed by atoms with van der Waals surface area (Å²) in [7, 11) is 0. The Morgan fingerprint density at radius 3 is 2.95 bits per heavy atom. The number of aliphatic hydroxyl groups excluding tert-OH is 1. The van der Waals surface area contributed by atoms with Crippen molar-refractivity contribution in [2.24, 2.45) is 0 Å². The summed E-state index contributed by atoms with van der Waals surface area (Å²) < 4.78 is 10.9. The molecule has 0 aromatic carbocycles. The van der Waals surface area contributed by atoms with Crippen LogP contribution in [0.5, 0.6) is 0 Å². The first-order valence-corrected chi connectivity index (χ1v) is 6.85. The molecule has 4 nitrogen and oxygen atoms in total. The molecule has 4 unspecified atom stereocenters. The van der Waals surface area contributed by atoms with Gasteiger partial charge in [-0.15, -0.1) is 0 Å². The van der Waals surface area contributed by atoms with Gasteiger partial charge in [-0.3, -0.25) is 0 Å². The lowest BCUT2D eigenvalue weighted by Crippen LogP contribution is -2.38. The molecule has 4 heteroatoms. The minimum atomic E-state index is -0.683. The van der Waals surface area contributed by atoms with E-state index in [9.17, 15) is 9.90 Å². The summed E-state index contributed by atoms with van der Waals surface area (Å²) in [6, 6.07) is 0. The van der Waals surface area contributed by atoms with Gasteiger partial charge in [-0.25, -0.2) is 4.79 Å². The third-order valence-electron chi connectivity index (χ3n) is 4.27. The normalized spacial score (nSPS) is 39.6. The number of fused-ring (bicyclic) bond motifs is 2. The van der Waals surface area contributed by atoms with Gasteiger partial charge in [-0.1, -0.05) is 11.6 Å². The lowest BCUT2D eigenvalue weighted by Gasteiger charge is -2.25. The predicted octanol–water partition coefficient (Wildman–Crippen LogP) is 1.88. The number of allylic oxidation sites excluding steroid dienone is 2. The van der Waals surface area contributed by atoms with Gasteiger partial charge >= 0.3 is 5.97 Å². The molecule has 1 aliphatic carbocycles. The third kappa shape index (κ3) is 2.03. The predicted molar refractivity (Wildman–Crippen MR) is 69.5 cm³/mol. The zero-order valence-electron chi connectivity index (χ0n) is 11.6. The van der Waals surface area contributed by atoms with Gasteiger partial charge in [0.05, 0.1) is 5.60 Å². The van der Waals surface area contributed by atoms with E-state index >= 15 is 0 Å². The number of carbonyl (C=O) groups excluding carboxylic acids is 1. The molecular formula is C15H20O4. The fraction of sp³-hybridized carbons (Fsp3) is 0.667. The molecule has 1 N–H and O–H groups in total. The van der Waals surface area contributed by atoms with Gasteiger partial charge in [0.2, 0.25) is 0 Å². The molecule has 0 amide bonds. The smallest absolute Gasteiger partial charge is 0.334 e. The summed E-state index contributed by atoms with van der Waals surface area (Å²) in [5.41, 5.74) is 2.36. The molecule has 19 heavy (non-hydrogen) atoms.